The van der Waals surface area contributed by atoms with E-state index < -0.39 is 0 Å². The van der Waals surface area contributed by atoms with Crippen LogP contribution in [0, 0.1) is 5.92 Å². The number of piperazine rings is 1. The van der Waals surface area contributed by atoms with Crippen molar-refractivity contribution in [3.05, 3.63) is 12.1 Å². The highest BCUT2D eigenvalue weighted by atomic mass is 16.5. The molecule has 0 radical (unpaired) electrons. The predicted molar refractivity (Wildman–Crippen MR) is 116 cm³/mol. The van der Waals surface area contributed by atoms with Gasteiger partial charge in [0.15, 0.2) is 11.5 Å². The summed E-state index contributed by atoms with van der Waals surface area (Å²) in [5, 5.41) is 0.784. The molecule has 2 fully saturated rings. The number of benzene rings is 1. The van der Waals surface area contributed by atoms with Crippen molar-refractivity contribution < 1.29 is 9.47 Å². The quantitative estimate of drug-likeness (QED) is 0.831. The minimum atomic E-state index is 0.472. The van der Waals surface area contributed by atoms with Crippen LogP contribution in [0.2, 0.25) is 0 Å². The number of methoxy groups -OCH3 is 2. The predicted octanol–water partition coefficient (Wildman–Crippen LogP) is 1.69. The molecule has 158 valence electrons. The molecule has 1 aromatic heterocycles. The van der Waals surface area contributed by atoms with E-state index in [4.69, 9.17) is 20.2 Å². The second-order valence-corrected chi connectivity index (χ2v) is 8.25. The third-order valence-corrected chi connectivity index (χ3v) is 6.37. The van der Waals surface area contributed by atoms with Gasteiger partial charge in [-0.1, -0.05) is 6.92 Å². The van der Waals surface area contributed by atoms with E-state index in [0.717, 1.165) is 56.6 Å². The summed E-state index contributed by atoms with van der Waals surface area (Å²) in [6, 6.07) is 4.34. The number of rotatable bonds is 4. The molecule has 0 saturated carbocycles. The van der Waals surface area contributed by atoms with Gasteiger partial charge >= 0.3 is 0 Å². The number of nitrogens with zero attached hydrogens (tertiary/aromatic N) is 5. The molecule has 2 saturated heterocycles. The minimum absolute atomic E-state index is 0.472. The standard InChI is InChI=1S/C21H32N6O2/c1-14-13-27(6-5-17(14)26-9-7-25(2)8-10-26)21-23-16-12-19(29-4)18(28-3)11-15(16)20(22)24-21/h11-12,14,17H,5-10,13H2,1-4H3,(H2,22,23,24). The van der Waals surface area contributed by atoms with Gasteiger partial charge in [0.05, 0.1) is 19.7 Å². The fraction of sp³-hybridized carbons (Fsp3) is 0.619. The van der Waals surface area contributed by atoms with Gasteiger partial charge in [-0.2, -0.15) is 4.98 Å². The molecule has 2 N–H and O–H groups in total. The highest BCUT2D eigenvalue weighted by molar-refractivity contribution is 5.91. The van der Waals surface area contributed by atoms with Crippen LogP contribution in [0.5, 0.6) is 11.5 Å². The molecule has 8 heteroatoms. The Kier molecular flexibility index (Phi) is 5.65. The molecule has 1 aromatic carbocycles. The average molecular weight is 401 g/mol. The van der Waals surface area contributed by atoms with Gasteiger partial charge in [-0.05, 0) is 25.5 Å². The lowest BCUT2D eigenvalue weighted by Gasteiger charge is -2.45. The van der Waals surface area contributed by atoms with E-state index in [-0.39, 0.29) is 0 Å². The van der Waals surface area contributed by atoms with Crippen LogP contribution in [-0.4, -0.2) is 86.3 Å². The van der Waals surface area contributed by atoms with Gasteiger partial charge in [-0.15, -0.1) is 0 Å². The maximum Gasteiger partial charge on any atom is 0.227 e. The summed E-state index contributed by atoms with van der Waals surface area (Å²) in [5.41, 5.74) is 7.06. The first-order valence-corrected chi connectivity index (χ1v) is 10.4. The van der Waals surface area contributed by atoms with E-state index in [0.29, 0.717) is 35.2 Å². The third kappa shape index (κ3) is 3.91. The monoisotopic (exact) mass is 400 g/mol. The molecule has 2 aliphatic heterocycles. The van der Waals surface area contributed by atoms with E-state index in [9.17, 15) is 0 Å². The Morgan fingerprint density at radius 3 is 2.34 bits per heavy atom. The molecule has 2 aromatic rings. The Bertz CT molecular complexity index is 868. The van der Waals surface area contributed by atoms with Crippen LogP contribution in [0.4, 0.5) is 11.8 Å². The van der Waals surface area contributed by atoms with Crippen LogP contribution in [-0.2, 0) is 0 Å². The number of anilines is 2. The molecule has 0 aliphatic carbocycles. The Hall–Kier alpha value is -2.32. The number of likely N-dealkylation sites (N-methyl/N-ethyl adjacent to an activating group) is 1. The lowest BCUT2D eigenvalue weighted by Crippen LogP contribution is -2.55. The van der Waals surface area contributed by atoms with Gasteiger partial charge in [0, 0.05) is 56.8 Å². The molecular weight excluding hydrogens is 368 g/mol. The Morgan fingerprint density at radius 2 is 1.69 bits per heavy atom. The van der Waals surface area contributed by atoms with Crippen LogP contribution in [0.1, 0.15) is 13.3 Å². The fourth-order valence-corrected chi connectivity index (χ4v) is 4.62. The fourth-order valence-electron chi connectivity index (χ4n) is 4.62. The number of hydrogen-bond donors (Lipinski definition) is 1. The van der Waals surface area contributed by atoms with Crippen molar-refractivity contribution in [2.75, 3.05) is 71.2 Å². The van der Waals surface area contributed by atoms with Gasteiger partial charge < -0.3 is 25.0 Å². The summed E-state index contributed by atoms with van der Waals surface area (Å²) in [6.07, 6.45) is 1.12. The molecule has 2 atom stereocenters. The second kappa shape index (κ2) is 8.20. The summed E-state index contributed by atoms with van der Waals surface area (Å²) in [4.78, 5) is 16.8. The van der Waals surface area contributed by atoms with E-state index in [2.05, 4.69) is 33.7 Å². The van der Waals surface area contributed by atoms with Crippen LogP contribution in [0.3, 0.4) is 0 Å². The molecule has 0 bridgehead atoms. The van der Waals surface area contributed by atoms with E-state index in [1.165, 1.54) is 0 Å². The molecule has 29 heavy (non-hydrogen) atoms. The van der Waals surface area contributed by atoms with Crippen LogP contribution >= 0.6 is 0 Å². The summed E-state index contributed by atoms with van der Waals surface area (Å²) >= 11 is 0. The number of nitrogens with two attached hydrogens (primary N) is 1. The van der Waals surface area contributed by atoms with E-state index in [1.54, 1.807) is 14.2 Å². The average Bonchev–Trinajstić information content (AvgIpc) is 2.73. The zero-order valence-corrected chi connectivity index (χ0v) is 17.9. The van der Waals surface area contributed by atoms with Gasteiger partial charge in [-0.3, -0.25) is 4.90 Å². The number of aromatic nitrogens is 2. The molecule has 4 rings (SSSR count). The van der Waals surface area contributed by atoms with Gasteiger partial charge in [0.25, 0.3) is 0 Å². The van der Waals surface area contributed by atoms with Crippen molar-refractivity contribution in [1.82, 2.24) is 19.8 Å². The van der Waals surface area contributed by atoms with E-state index >= 15 is 0 Å². The van der Waals surface area contributed by atoms with Crippen molar-refractivity contribution in [1.29, 1.82) is 0 Å². The molecule has 0 amide bonds. The van der Waals surface area contributed by atoms with Gasteiger partial charge in [0.2, 0.25) is 5.95 Å². The second-order valence-electron chi connectivity index (χ2n) is 8.25. The summed E-state index contributed by atoms with van der Waals surface area (Å²) < 4.78 is 10.8. The zero-order chi connectivity index (χ0) is 20.5. The SMILES string of the molecule is COc1cc2nc(N3CCC(N4CCN(C)CC4)C(C)C3)nc(N)c2cc1OC. The lowest BCUT2D eigenvalue weighted by atomic mass is 9.92. The first kappa shape index (κ1) is 20.0. The van der Waals surface area contributed by atoms with Gasteiger partial charge in [0.1, 0.15) is 5.82 Å². The molecular formula is C21H32N6O2. The zero-order valence-electron chi connectivity index (χ0n) is 17.9. The van der Waals surface area contributed by atoms with Crippen LogP contribution in [0.25, 0.3) is 10.9 Å². The van der Waals surface area contributed by atoms with Gasteiger partial charge in [-0.25, -0.2) is 4.98 Å². The molecule has 0 spiro atoms. The van der Waals surface area contributed by atoms with Crippen molar-refractivity contribution in [2.45, 2.75) is 19.4 Å². The molecule has 2 unspecified atom stereocenters. The van der Waals surface area contributed by atoms with Crippen molar-refractivity contribution in [3.8, 4) is 11.5 Å². The summed E-state index contributed by atoms with van der Waals surface area (Å²) in [7, 11) is 5.44. The number of nitrogen functional groups attached to an aromatic ring is 1. The summed E-state index contributed by atoms with van der Waals surface area (Å²) in [6.45, 7) is 8.85. The number of ether oxygens (including phenoxy) is 2. The molecule has 8 nitrogen and oxygen atoms in total. The van der Waals surface area contributed by atoms with Crippen molar-refractivity contribution in [2.24, 2.45) is 5.92 Å². The first-order chi connectivity index (χ1) is 14.0. The minimum Gasteiger partial charge on any atom is -0.493 e. The number of hydrogen-bond acceptors (Lipinski definition) is 8. The lowest BCUT2D eigenvalue weighted by molar-refractivity contribution is 0.0736. The number of piperidine rings is 1. The Balaban J connectivity index is 1.54. The third-order valence-electron chi connectivity index (χ3n) is 6.37. The highest BCUT2D eigenvalue weighted by Gasteiger charge is 2.33. The first-order valence-electron chi connectivity index (χ1n) is 10.4. The topological polar surface area (TPSA) is 80.0 Å². The van der Waals surface area contributed by atoms with Crippen LogP contribution < -0.4 is 20.1 Å². The number of fused-ring (bicyclic) bond motifs is 1. The van der Waals surface area contributed by atoms with Crippen molar-refractivity contribution in [3.63, 3.8) is 0 Å². The largest absolute Gasteiger partial charge is 0.493 e. The molecule has 3 heterocycles. The summed E-state index contributed by atoms with van der Waals surface area (Å²) in [5.74, 6) is 3.00. The maximum atomic E-state index is 6.28. The maximum absolute atomic E-state index is 6.28. The van der Waals surface area contributed by atoms with Crippen LogP contribution in [0.15, 0.2) is 12.1 Å². The van der Waals surface area contributed by atoms with E-state index in [1.807, 2.05) is 12.1 Å². The molecule has 2 aliphatic rings. The Labute approximate surface area is 172 Å². The Morgan fingerprint density at radius 1 is 1.00 bits per heavy atom. The highest BCUT2D eigenvalue weighted by Crippen LogP contribution is 2.35. The smallest absolute Gasteiger partial charge is 0.227 e. The van der Waals surface area contributed by atoms with Crippen molar-refractivity contribution >= 4 is 22.7 Å². The normalized spacial score (nSPS) is 24.1.